The molecule has 4 atom stereocenters. The fraction of sp³-hybridized carbons (Fsp3) is 0.788. The highest BCUT2D eigenvalue weighted by atomic mass is 16.1. The SMILES string of the molecule is CCCCCCC(c1cccc(C)c1)C1CCCC(C(=O)CC(CCC)CC2CCCCC2)C1. The zero-order chi connectivity index (χ0) is 24.2. The number of rotatable bonds is 14. The summed E-state index contributed by atoms with van der Waals surface area (Å²) in [6, 6.07) is 9.27. The molecule has 192 valence electrons. The van der Waals surface area contributed by atoms with E-state index >= 15 is 0 Å². The van der Waals surface area contributed by atoms with E-state index in [4.69, 9.17) is 0 Å². The highest BCUT2D eigenvalue weighted by Crippen LogP contribution is 2.43. The van der Waals surface area contributed by atoms with Gasteiger partial charge >= 0.3 is 0 Å². The van der Waals surface area contributed by atoms with Crippen molar-refractivity contribution in [2.24, 2.45) is 23.7 Å². The number of unbranched alkanes of at least 4 members (excludes halogenated alkanes) is 3. The molecule has 2 aliphatic carbocycles. The lowest BCUT2D eigenvalue weighted by atomic mass is 9.69. The van der Waals surface area contributed by atoms with Gasteiger partial charge in [0.25, 0.3) is 0 Å². The fourth-order valence-corrected chi connectivity index (χ4v) is 7.31. The summed E-state index contributed by atoms with van der Waals surface area (Å²) in [7, 11) is 0. The molecule has 1 aromatic carbocycles. The van der Waals surface area contributed by atoms with Crippen molar-refractivity contribution in [2.45, 2.75) is 142 Å². The quantitative estimate of drug-likeness (QED) is 0.249. The second kappa shape index (κ2) is 15.1. The molecule has 0 spiro atoms. The highest BCUT2D eigenvalue weighted by Gasteiger charge is 2.33. The molecule has 0 N–H and O–H groups in total. The molecule has 1 nitrogen and oxygen atoms in total. The van der Waals surface area contributed by atoms with Gasteiger partial charge < -0.3 is 0 Å². The Kier molecular flexibility index (Phi) is 12.2. The minimum atomic E-state index is 0.326. The molecule has 0 aliphatic heterocycles. The molecule has 0 amide bonds. The van der Waals surface area contributed by atoms with Gasteiger partial charge in [0.2, 0.25) is 0 Å². The van der Waals surface area contributed by atoms with Crippen molar-refractivity contribution in [3.8, 4) is 0 Å². The Hall–Kier alpha value is -1.11. The lowest BCUT2D eigenvalue weighted by molar-refractivity contribution is -0.125. The van der Waals surface area contributed by atoms with Crippen LogP contribution >= 0.6 is 0 Å². The van der Waals surface area contributed by atoms with E-state index < -0.39 is 0 Å². The van der Waals surface area contributed by atoms with Crippen molar-refractivity contribution in [2.75, 3.05) is 0 Å². The van der Waals surface area contributed by atoms with Gasteiger partial charge in [0, 0.05) is 12.3 Å². The number of hydrogen-bond acceptors (Lipinski definition) is 1. The van der Waals surface area contributed by atoms with Crippen LogP contribution in [0.5, 0.6) is 0 Å². The number of carbonyl (C=O) groups excluding carboxylic acids is 1. The molecule has 2 fully saturated rings. The Bertz CT molecular complexity index is 700. The first kappa shape index (κ1) is 27.5. The highest BCUT2D eigenvalue weighted by molar-refractivity contribution is 5.81. The number of ketones is 1. The summed E-state index contributed by atoms with van der Waals surface area (Å²) in [6.45, 7) is 6.83. The molecular weight excluding hydrogens is 412 g/mol. The van der Waals surface area contributed by atoms with Crippen molar-refractivity contribution < 1.29 is 4.79 Å². The fourth-order valence-electron chi connectivity index (χ4n) is 7.31. The Morgan fingerprint density at radius 2 is 1.74 bits per heavy atom. The molecule has 0 saturated heterocycles. The Balaban J connectivity index is 1.62. The van der Waals surface area contributed by atoms with Gasteiger partial charge in [0.15, 0.2) is 0 Å². The second-order valence-electron chi connectivity index (χ2n) is 12.1. The van der Waals surface area contributed by atoms with Crippen molar-refractivity contribution in [3.63, 3.8) is 0 Å². The first-order chi connectivity index (χ1) is 16.6. The maximum absolute atomic E-state index is 13.6. The number of benzene rings is 1. The zero-order valence-corrected chi connectivity index (χ0v) is 22.8. The van der Waals surface area contributed by atoms with E-state index in [1.807, 2.05) is 0 Å². The van der Waals surface area contributed by atoms with Crippen LogP contribution in [0.1, 0.15) is 146 Å². The molecule has 3 rings (SSSR count). The molecule has 34 heavy (non-hydrogen) atoms. The monoisotopic (exact) mass is 466 g/mol. The van der Waals surface area contributed by atoms with Gasteiger partial charge in [-0.25, -0.2) is 0 Å². The molecule has 0 aromatic heterocycles. The van der Waals surface area contributed by atoms with Gasteiger partial charge in [0.05, 0.1) is 0 Å². The lowest BCUT2D eigenvalue weighted by Crippen LogP contribution is -2.28. The summed E-state index contributed by atoms with van der Waals surface area (Å²) in [5.41, 5.74) is 2.92. The standard InChI is InChI=1S/C33H54O/c1-4-6-7-11-21-32(29-18-12-15-26(3)22-29)30-19-13-20-31(25-30)33(34)24-28(14-5-2)23-27-16-9-8-10-17-27/h12,15,18,22,27-28,30-32H,4-11,13-14,16-17,19-21,23-25H2,1-3H3. The van der Waals surface area contributed by atoms with Crippen molar-refractivity contribution in [1.82, 2.24) is 0 Å². The van der Waals surface area contributed by atoms with E-state index in [-0.39, 0.29) is 0 Å². The molecule has 0 radical (unpaired) electrons. The van der Waals surface area contributed by atoms with Crippen LogP contribution in [0.2, 0.25) is 0 Å². The van der Waals surface area contributed by atoms with Gasteiger partial charge in [-0.1, -0.05) is 121 Å². The van der Waals surface area contributed by atoms with Crippen LogP contribution < -0.4 is 0 Å². The average Bonchev–Trinajstić information content (AvgIpc) is 2.85. The smallest absolute Gasteiger partial charge is 0.136 e. The van der Waals surface area contributed by atoms with Crippen LogP contribution in [0.15, 0.2) is 24.3 Å². The van der Waals surface area contributed by atoms with Crippen LogP contribution in [-0.4, -0.2) is 5.78 Å². The van der Waals surface area contributed by atoms with Gasteiger partial charge in [-0.15, -0.1) is 0 Å². The summed E-state index contributed by atoms with van der Waals surface area (Å²) in [4.78, 5) is 13.6. The molecule has 1 aromatic rings. The summed E-state index contributed by atoms with van der Waals surface area (Å²) < 4.78 is 0. The third-order valence-corrected chi connectivity index (χ3v) is 9.16. The van der Waals surface area contributed by atoms with E-state index in [2.05, 4.69) is 45.0 Å². The van der Waals surface area contributed by atoms with Crippen LogP contribution in [0, 0.1) is 30.6 Å². The van der Waals surface area contributed by atoms with E-state index in [0.29, 0.717) is 29.5 Å². The molecule has 0 bridgehead atoms. The second-order valence-corrected chi connectivity index (χ2v) is 12.1. The number of carbonyl (C=O) groups is 1. The maximum Gasteiger partial charge on any atom is 0.136 e. The minimum absolute atomic E-state index is 0.326. The number of aryl methyl sites for hydroxylation is 1. The first-order valence-electron chi connectivity index (χ1n) is 15.2. The number of Topliss-reactive ketones (excluding diaryl/α,β-unsaturated/α-hetero) is 1. The Morgan fingerprint density at radius 1 is 0.912 bits per heavy atom. The maximum atomic E-state index is 13.6. The third kappa shape index (κ3) is 8.83. The topological polar surface area (TPSA) is 17.1 Å². The molecule has 0 heterocycles. The van der Waals surface area contributed by atoms with E-state index in [9.17, 15) is 4.79 Å². The summed E-state index contributed by atoms with van der Waals surface area (Å²) >= 11 is 0. The minimum Gasteiger partial charge on any atom is -0.299 e. The van der Waals surface area contributed by atoms with Crippen LogP contribution in [0.4, 0.5) is 0 Å². The van der Waals surface area contributed by atoms with Crippen molar-refractivity contribution >= 4 is 5.78 Å². The Morgan fingerprint density at radius 3 is 2.47 bits per heavy atom. The van der Waals surface area contributed by atoms with E-state index in [1.165, 1.54) is 107 Å². The van der Waals surface area contributed by atoms with Crippen LogP contribution in [-0.2, 0) is 4.79 Å². The molecule has 4 unspecified atom stereocenters. The molecule has 2 aliphatic rings. The molecule has 2 saturated carbocycles. The normalized spacial score (nSPS) is 23.5. The summed E-state index contributed by atoms with van der Waals surface area (Å²) in [6.07, 6.45) is 23.3. The van der Waals surface area contributed by atoms with Gasteiger partial charge in [0.1, 0.15) is 5.78 Å². The summed E-state index contributed by atoms with van der Waals surface area (Å²) in [5, 5.41) is 0. The zero-order valence-electron chi connectivity index (χ0n) is 22.8. The predicted molar refractivity (Wildman–Crippen MR) is 147 cm³/mol. The van der Waals surface area contributed by atoms with Crippen LogP contribution in [0.25, 0.3) is 0 Å². The number of hydrogen-bond donors (Lipinski definition) is 0. The predicted octanol–water partition coefficient (Wildman–Crippen LogP) is 10.2. The largest absolute Gasteiger partial charge is 0.299 e. The van der Waals surface area contributed by atoms with E-state index in [0.717, 1.165) is 25.2 Å². The van der Waals surface area contributed by atoms with Gasteiger partial charge in [-0.05, 0) is 68.3 Å². The van der Waals surface area contributed by atoms with E-state index in [1.54, 1.807) is 0 Å². The lowest BCUT2D eigenvalue weighted by Gasteiger charge is -2.35. The van der Waals surface area contributed by atoms with Crippen molar-refractivity contribution in [3.05, 3.63) is 35.4 Å². The van der Waals surface area contributed by atoms with Crippen molar-refractivity contribution in [1.29, 1.82) is 0 Å². The van der Waals surface area contributed by atoms with Gasteiger partial charge in [-0.2, -0.15) is 0 Å². The third-order valence-electron chi connectivity index (χ3n) is 9.16. The average molecular weight is 467 g/mol. The Labute approximate surface area is 211 Å². The van der Waals surface area contributed by atoms with Crippen LogP contribution in [0.3, 0.4) is 0 Å². The van der Waals surface area contributed by atoms with Gasteiger partial charge in [-0.3, -0.25) is 4.79 Å². The molecule has 1 heteroatoms. The summed E-state index contributed by atoms with van der Waals surface area (Å²) in [5.74, 6) is 3.81. The molecular formula is C33H54O. The first-order valence-corrected chi connectivity index (χ1v) is 15.2.